The summed E-state index contributed by atoms with van der Waals surface area (Å²) < 4.78 is 18.8. The number of aromatic nitrogens is 3. The van der Waals surface area contributed by atoms with Crippen LogP contribution < -0.4 is 11.1 Å². The first-order valence-electron chi connectivity index (χ1n) is 13.2. The molecule has 0 radical (unpaired) electrons. The molecule has 1 aromatic carbocycles. The number of nitrogens with one attached hydrogen (secondary N) is 1. The monoisotopic (exact) mass is 538 g/mol. The summed E-state index contributed by atoms with van der Waals surface area (Å²) >= 11 is 0. The predicted molar refractivity (Wildman–Crippen MR) is 145 cm³/mol. The lowest BCUT2D eigenvalue weighted by Crippen LogP contribution is -2.51. The topological polar surface area (TPSA) is 133 Å². The molecule has 2 amide bonds. The Morgan fingerprint density at radius 1 is 1.08 bits per heavy atom. The zero-order valence-corrected chi connectivity index (χ0v) is 23.1. The molecule has 3 aromatic rings. The second-order valence-electron chi connectivity index (χ2n) is 10.5. The van der Waals surface area contributed by atoms with E-state index in [1.165, 1.54) is 5.56 Å². The Labute approximate surface area is 228 Å². The lowest BCUT2D eigenvalue weighted by Gasteiger charge is -2.26. The highest BCUT2D eigenvalue weighted by Gasteiger charge is 2.29. The zero-order valence-electron chi connectivity index (χ0n) is 23.1. The van der Waals surface area contributed by atoms with Gasteiger partial charge in [0.05, 0.1) is 37.7 Å². The fourth-order valence-electron chi connectivity index (χ4n) is 4.38. The smallest absolute Gasteiger partial charge is 0.410 e. The number of amides is 2. The van der Waals surface area contributed by atoms with Crippen molar-refractivity contribution >= 4 is 17.6 Å². The molecular formula is C28H38N6O5. The number of pyridine rings is 1. The Balaban J connectivity index is 1.56. The van der Waals surface area contributed by atoms with Gasteiger partial charge in [-0.15, -0.1) is 10.2 Å². The second kappa shape index (κ2) is 12.5. The van der Waals surface area contributed by atoms with Gasteiger partial charge in [-0.05, 0) is 43.0 Å². The molecule has 4 rings (SSSR count). The molecule has 3 heterocycles. The van der Waals surface area contributed by atoms with E-state index in [-0.39, 0.29) is 19.1 Å². The standard InChI is InChI=1S/C28H38N6O5/c1-19(2)22-10-6-5-8-20(22)16-38-18-23(30-26(35)28(3,4)29)25-32-31-24-11-7-9-21(34(24)25)17-39-27(36)33-12-14-37-15-13-33/h5-11,19,23H,12-18,29H2,1-4H3,(H,30,35)/t23-/m1/s1. The summed E-state index contributed by atoms with van der Waals surface area (Å²) in [4.78, 5) is 27.1. The van der Waals surface area contributed by atoms with Crippen molar-refractivity contribution in [3.05, 3.63) is 65.1 Å². The number of fused-ring (bicyclic) bond motifs is 1. The van der Waals surface area contributed by atoms with Gasteiger partial charge in [0.2, 0.25) is 5.91 Å². The number of hydrogen-bond donors (Lipinski definition) is 2. The molecule has 39 heavy (non-hydrogen) atoms. The van der Waals surface area contributed by atoms with Crippen molar-refractivity contribution in [1.29, 1.82) is 0 Å². The quantitative estimate of drug-likeness (QED) is 0.403. The molecule has 210 valence electrons. The number of carbonyl (C=O) groups excluding carboxylic acids is 2. The van der Waals surface area contributed by atoms with Crippen LogP contribution in [-0.4, -0.2) is 69.9 Å². The first kappa shape index (κ1) is 28.5. The molecule has 1 fully saturated rings. The van der Waals surface area contributed by atoms with Crippen LogP contribution in [0, 0.1) is 0 Å². The van der Waals surface area contributed by atoms with E-state index < -0.39 is 17.7 Å². The van der Waals surface area contributed by atoms with Crippen LogP contribution >= 0.6 is 0 Å². The van der Waals surface area contributed by atoms with E-state index >= 15 is 0 Å². The minimum atomic E-state index is -1.11. The maximum Gasteiger partial charge on any atom is 0.410 e. The summed E-state index contributed by atoms with van der Waals surface area (Å²) in [5, 5.41) is 11.7. The van der Waals surface area contributed by atoms with Gasteiger partial charge in [-0.2, -0.15) is 0 Å². The summed E-state index contributed by atoms with van der Waals surface area (Å²) in [7, 11) is 0. The van der Waals surface area contributed by atoms with Crippen LogP contribution in [0.4, 0.5) is 4.79 Å². The van der Waals surface area contributed by atoms with Gasteiger partial charge in [0.15, 0.2) is 11.5 Å². The van der Waals surface area contributed by atoms with Crippen molar-refractivity contribution in [3.8, 4) is 0 Å². The van der Waals surface area contributed by atoms with Crippen LogP contribution in [0.15, 0.2) is 42.5 Å². The van der Waals surface area contributed by atoms with E-state index in [2.05, 4.69) is 35.4 Å². The zero-order chi connectivity index (χ0) is 28.0. The van der Waals surface area contributed by atoms with Crippen LogP contribution in [0.5, 0.6) is 0 Å². The van der Waals surface area contributed by atoms with Crippen LogP contribution in [0.3, 0.4) is 0 Å². The lowest BCUT2D eigenvalue weighted by atomic mass is 9.98. The molecule has 1 aliphatic heterocycles. The Bertz CT molecular complexity index is 1280. The van der Waals surface area contributed by atoms with Crippen LogP contribution in [0.1, 0.15) is 62.3 Å². The molecule has 1 aliphatic rings. The number of ether oxygens (including phenoxy) is 3. The Hall–Kier alpha value is -3.54. The number of benzene rings is 1. The van der Waals surface area contributed by atoms with Crippen molar-refractivity contribution in [2.75, 3.05) is 32.9 Å². The highest BCUT2D eigenvalue weighted by molar-refractivity contribution is 5.85. The van der Waals surface area contributed by atoms with E-state index in [9.17, 15) is 9.59 Å². The van der Waals surface area contributed by atoms with Gasteiger partial charge in [0, 0.05) is 13.1 Å². The largest absolute Gasteiger partial charge is 0.443 e. The van der Waals surface area contributed by atoms with Gasteiger partial charge in [-0.3, -0.25) is 9.20 Å². The van der Waals surface area contributed by atoms with E-state index in [4.69, 9.17) is 19.9 Å². The van der Waals surface area contributed by atoms with Crippen molar-refractivity contribution < 1.29 is 23.8 Å². The third-order valence-electron chi connectivity index (χ3n) is 6.57. The number of nitrogens with zero attached hydrogens (tertiary/aromatic N) is 4. The second-order valence-corrected chi connectivity index (χ2v) is 10.5. The maximum absolute atomic E-state index is 12.9. The minimum Gasteiger partial charge on any atom is -0.443 e. The fraction of sp³-hybridized carbons (Fsp3) is 0.500. The van der Waals surface area contributed by atoms with Gasteiger partial charge < -0.3 is 30.2 Å². The normalized spacial score (nSPS) is 15.0. The van der Waals surface area contributed by atoms with E-state index in [1.54, 1.807) is 29.2 Å². The molecule has 2 aromatic heterocycles. The Kier molecular flexibility index (Phi) is 9.16. The molecule has 1 atom stereocenters. The van der Waals surface area contributed by atoms with Gasteiger partial charge in [0.25, 0.3) is 0 Å². The van der Waals surface area contributed by atoms with E-state index in [1.807, 2.05) is 30.3 Å². The SMILES string of the molecule is CC(C)c1ccccc1COC[C@@H](NC(=O)C(C)(C)N)c1nnc2cccc(COC(=O)N3CCOCC3)n12. The Morgan fingerprint density at radius 3 is 2.54 bits per heavy atom. The van der Waals surface area contributed by atoms with E-state index in [0.717, 1.165) is 5.56 Å². The first-order valence-corrected chi connectivity index (χ1v) is 13.2. The highest BCUT2D eigenvalue weighted by Crippen LogP contribution is 2.22. The summed E-state index contributed by atoms with van der Waals surface area (Å²) in [6, 6.07) is 12.9. The molecule has 0 bridgehead atoms. The fourth-order valence-corrected chi connectivity index (χ4v) is 4.38. The maximum atomic E-state index is 12.9. The summed E-state index contributed by atoms with van der Waals surface area (Å²) in [5.41, 5.74) is 8.47. The number of rotatable bonds is 10. The van der Waals surface area contributed by atoms with Crippen LogP contribution in [0.25, 0.3) is 5.65 Å². The van der Waals surface area contributed by atoms with Crippen LogP contribution in [0.2, 0.25) is 0 Å². The average Bonchev–Trinajstić information content (AvgIpc) is 3.36. The molecule has 3 N–H and O–H groups in total. The molecule has 11 nitrogen and oxygen atoms in total. The van der Waals surface area contributed by atoms with Gasteiger partial charge >= 0.3 is 6.09 Å². The molecule has 0 saturated carbocycles. The average molecular weight is 539 g/mol. The number of hydrogen-bond acceptors (Lipinski definition) is 8. The molecule has 0 spiro atoms. The van der Waals surface area contributed by atoms with Crippen LogP contribution in [-0.2, 0) is 32.2 Å². The van der Waals surface area contributed by atoms with Crippen molar-refractivity contribution in [2.24, 2.45) is 5.73 Å². The third-order valence-corrected chi connectivity index (χ3v) is 6.57. The number of nitrogens with two attached hydrogens (primary N) is 1. The Morgan fingerprint density at radius 2 is 1.82 bits per heavy atom. The highest BCUT2D eigenvalue weighted by atomic mass is 16.6. The molecule has 0 aliphatic carbocycles. The van der Waals surface area contributed by atoms with E-state index in [0.29, 0.717) is 56.0 Å². The number of morpholine rings is 1. The third kappa shape index (κ3) is 7.11. The molecule has 1 saturated heterocycles. The minimum absolute atomic E-state index is 0.00421. The molecule has 0 unspecified atom stereocenters. The van der Waals surface area contributed by atoms with Crippen molar-refractivity contribution in [3.63, 3.8) is 0 Å². The summed E-state index contributed by atoms with van der Waals surface area (Å²) in [6.07, 6.45) is -0.410. The summed E-state index contributed by atoms with van der Waals surface area (Å²) in [5.74, 6) is 0.450. The van der Waals surface area contributed by atoms with Crippen molar-refractivity contribution in [2.45, 2.75) is 58.4 Å². The summed E-state index contributed by atoms with van der Waals surface area (Å²) in [6.45, 7) is 10.0. The molecule has 11 heteroatoms. The number of carbonyl (C=O) groups is 2. The van der Waals surface area contributed by atoms with Gasteiger partial charge in [-0.25, -0.2) is 4.79 Å². The van der Waals surface area contributed by atoms with Gasteiger partial charge in [-0.1, -0.05) is 44.2 Å². The first-order chi connectivity index (χ1) is 18.6. The van der Waals surface area contributed by atoms with Crippen molar-refractivity contribution in [1.82, 2.24) is 24.8 Å². The lowest BCUT2D eigenvalue weighted by molar-refractivity contribution is -0.126. The predicted octanol–water partition coefficient (Wildman–Crippen LogP) is 2.93. The van der Waals surface area contributed by atoms with Gasteiger partial charge in [0.1, 0.15) is 12.6 Å². The molecular weight excluding hydrogens is 500 g/mol.